The summed E-state index contributed by atoms with van der Waals surface area (Å²) in [5.41, 5.74) is -2.27. The SMILES string of the molecule is CC1(C)C[C@H]([NH3+])C[C@@](C)(CNc2ccc(S(=O)(=O)C(F)(F)F)cc2[N+](=O)[O-])C1. The number of benzene rings is 1. The largest absolute Gasteiger partial charge is 0.501 e. The van der Waals surface area contributed by atoms with Crippen molar-refractivity contribution in [2.24, 2.45) is 10.8 Å². The van der Waals surface area contributed by atoms with Crippen molar-refractivity contribution in [1.29, 1.82) is 0 Å². The van der Waals surface area contributed by atoms with Crippen LogP contribution in [0.1, 0.15) is 40.0 Å². The van der Waals surface area contributed by atoms with E-state index in [4.69, 9.17) is 0 Å². The third kappa shape index (κ3) is 4.75. The lowest BCUT2D eigenvalue weighted by Crippen LogP contribution is -2.66. The van der Waals surface area contributed by atoms with E-state index in [1.807, 2.05) is 6.92 Å². The Kier molecular flexibility index (Phi) is 5.75. The van der Waals surface area contributed by atoms with Crippen LogP contribution in [0.5, 0.6) is 0 Å². The van der Waals surface area contributed by atoms with Gasteiger partial charge in [-0.1, -0.05) is 20.8 Å². The zero-order chi connectivity index (χ0) is 21.5. The summed E-state index contributed by atoms with van der Waals surface area (Å²) in [5.74, 6) is 0. The molecule has 0 spiro atoms. The topological polar surface area (TPSA) is 117 Å². The summed E-state index contributed by atoms with van der Waals surface area (Å²) in [6.07, 6.45) is 2.62. The molecular weight excluding hydrogens is 399 g/mol. The number of hydrogen-bond acceptors (Lipinski definition) is 5. The zero-order valence-electron chi connectivity index (χ0n) is 16.0. The summed E-state index contributed by atoms with van der Waals surface area (Å²) in [6.45, 7) is 6.64. The van der Waals surface area contributed by atoms with Crippen LogP contribution in [0.4, 0.5) is 24.5 Å². The predicted octanol–water partition coefficient (Wildman–Crippen LogP) is 3.13. The van der Waals surface area contributed by atoms with Crippen molar-refractivity contribution in [3.05, 3.63) is 28.3 Å². The lowest BCUT2D eigenvalue weighted by atomic mass is 9.63. The molecule has 2 atom stereocenters. The van der Waals surface area contributed by atoms with E-state index in [-0.39, 0.29) is 22.6 Å². The molecular formula is C17H25F3N3O4S+. The Hall–Kier alpha value is -1.88. The van der Waals surface area contributed by atoms with Gasteiger partial charge in [0.05, 0.1) is 15.9 Å². The summed E-state index contributed by atoms with van der Waals surface area (Å²) < 4.78 is 61.2. The standard InChI is InChI=1S/C17H24F3N3O4S/c1-15(2)7-11(21)8-16(3,9-15)10-22-13-5-4-12(6-14(13)23(24)25)28(26,27)17(18,19)20/h4-6,11,22H,7-10,21H2,1-3H3/p+1/t11-,16+/m0/s1. The number of nitrogens with one attached hydrogen (secondary N) is 1. The van der Waals surface area contributed by atoms with Crippen LogP contribution >= 0.6 is 0 Å². The second-order valence-corrected chi connectivity index (χ2v) is 10.6. The first-order valence-electron chi connectivity index (χ1n) is 8.73. The van der Waals surface area contributed by atoms with Crippen molar-refractivity contribution in [2.45, 2.75) is 56.5 Å². The number of quaternary nitrogens is 1. The van der Waals surface area contributed by atoms with Gasteiger partial charge in [0.15, 0.2) is 0 Å². The summed E-state index contributed by atoms with van der Waals surface area (Å²) in [5, 5.41) is 14.3. The quantitative estimate of drug-likeness (QED) is 0.556. The number of nitro groups is 1. The predicted molar refractivity (Wildman–Crippen MR) is 97.2 cm³/mol. The molecule has 0 amide bonds. The molecule has 11 heteroatoms. The molecule has 28 heavy (non-hydrogen) atoms. The van der Waals surface area contributed by atoms with E-state index in [9.17, 15) is 31.7 Å². The average Bonchev–Trinajstić information content (AvgIpc) is 2.49. The number of rotatable bonds is 5. The van der Waals surface area contributed by atoms with E-state index >= 15 is 0 Å². The van der Waals surface area contributed by atoms with Gasteiger partial charge in [-0.25, -0.2) is 8.42 Å². The van der Waals surface area contributed by atoms with Crippen molar-refractivity contribution in [2.75, 3.05) is 11.9 Å². The van der Waals surface area contributed by atoms with Crippen LogP contribution in [0.3, 0.4) is 0 Å². The second kappa shape index (κ2) is 7.18. The number of halogens is 3. The first-order chi connectivity index (χ1) is 12.6. The molecule has 4 N–H and O–H groups in total. The fourth-order valence-electron chi connectivity index (χ4n) is 4.41. The van der Waals surface area contributed by atoms with Crippen molar-refractivity contribution in [1.82, 2.24) is 0 Å². The molecule has 1 aromatic carbocycles. The molecule has 1 fully saturated rings. The van der Waals surface area contributed by atoms with Crippen LogP contribution in [-0.4, -0.2) is 31.4 Å². The molecule has 0 unspecified atom stereocenters. The van der Waals surface area contributed by atoms with Crippen LogP contribution < -0.4 is 11.1 Å². The molecule has 0 radical (unpaired) electrons. The van der Waals surface area contributed by atoms with Crippen molar-refractivity contribution >= 4 is 21.2 Å². The van der Waals surface area contributed by atoms with Gasteiger partial charge in [0.1, 0.15) is 5.69 Å². The Labute approximate surface area is 161 Å². The molecule has 1 saturated carbocycles. The summed E-state index contributed by atoms with van der Waals surface area (Å²) in [7, 11) is -5.66. The highest BCUT2D eigenvalue weighted by atomic mass is 32.2. The van der Waals surface area contributed by atoms with Crippen molar-refractivity contribution in [3.63, 3.8) is 0 Å². The fraction of sp³-hybridized carbons (Fsp3) is 0.647. The lowest BCUT2D eigenvalue weighted by Gasteiger charge is -2.44. The third-order valence-electron chi connectivity index (χ3n) is 5.01. The fourth-order valence-corrected chi connectivity index (χ4v) is 5.19. The van der Waals surface area contributed by atoms with E-state index in [1.54, 1.807) is 0 Å². The molecule has 1 aliphatic rings. The molecule has 0 saturated heterocycles. The maximum absolute atomic E-state index is 12.7. The van der Waals surface area contributed by atoms with E-state index in [2.05, 4.69) is 24.9 Å². The van der Waals surface area contributed by atoms with Crippen LogP contribution in [0.25, 0.3) is 0 Å². The Morgan fingerprint density at radius 2 is 1.89 bits per heavy atom. The third-order valence-corrected chi connectivity index (χ3v) is 6.50. The van der Waals surface area contributed by atoms with E-state index in [1.165, 1.54) is 0 Å². The highest BCUT2D eigenvalue weighted by molar-refractivity contribution is 7.92. The summed E-state index contributed by atoms with van der Waals surface area (Å²) >= 11 is 0. The number of alkyl halides is 3. The number of anilines is 1. The highest BCUT2D eigenvalue weighted by Gasteiger charge is 2.47. The van der Waals surface area contributed by atoms with Gasteiger partial charge in [0.2, 0.25) is 0 Å². The van der Waals surface area contributed by atoms with Gasteiger partial charge in [-0.3, -0.25) is 10.1 Å². The second-order valence-electron chi connectivity index (χ2n) is 8.66. The van der Waals surface area contributed by atoms with Crippen LogP contribution in [-0.2, 0) is 9.84 Å². The van der Waals surface area contributed by atoms with Crippen LogP contribution in [0, 0.1) is 20.9 Å². The van der Waals surface area contributed by atoms with E-state index in [0.717, 1.165) is 31.4 Å². The minimum Gasteiger partial charge on any atom is -0.379 e. The Balaban J connectivity index is 2.31. The van der Waals surface area contributed by atoms with Crippen molar-refractivity contribution < 1.29 is 32.2 Å². The Morgan fingerprint density at radius 3 is 2.39 bits per heavy atom. The van der Waals surface area contributed by atoms with Gasteiger partial charge >= 0.3 is 5.51 Å². The molecule has 158 valence electrons. The summed E-state index contributed by atoms with van der Waals surface area (Å²) in [6, 6.07) is 2.41. The first kappa shape index (κ1) is 22.4. The average molecular weight is 424 g/mol. The molecule has 1 aromatic rings. The molecule has 0 aliphatic heterocycles. The van der Waals surface area contributed by atoms with Gasteiger partial charge < -0.3 is 11.1 Å². The molecule has 0 heterocycles. The van der Waals surface area contributed by atoms with Crippen LogP contribution in [0.2, 0.25) is 0 Å². The van der Waals surface area contributed by atoms with Crippen molar-refractivity contribution in [3.8, 4) is 0 Å². The van der Waals surface area contributed by atoms with E-state index in [0.29, 0.717) is 12.6 Å². The monoisotopic (exact) mass is 424 g/mol. The maximum atomic E-state index is 12.7. The van der Waals surface area contributed by atoms with Gasteiger partial charge in [0.25, 0.3) is 15.5 Å². The number of nitrogens with zero attached hydrogens (tertiary/aromatic N) is 1. The molecule has 0 bridgehead atoms. The molecule has 0 aromatic heterocycles. The Morgan fingerprint density at radius 1 is 1.29 bits per heavy atom. The minimum atomic E-state index is -5.66. The minimum absolute atomic E-state index is 0.0173. The maximum Gasteiger partial charge on any atom is 0.501 e. The number of sulfone groups is 1. The zero-order valence-corrected chi connectivity index (χ0v) is 16.8. The van der Waals surface area contributed by atoms with Gasteiger partial charge in [-0.2, -0.15) is 13.2 Å². The van der Waals surface area contributed by atoms with Crippen LogP contribution in [0.15, 0.2) is 23.1 Å². The number of hydrogen-bond donors (Lipinski definition) is 2. The van der Waals surface area contributed by atoms with Gasteiger partial charge in [-0.05, 0) is 29.4 Å². The lowest BCUT2D eigenvalue weighted by molar-refractivity contribution is -0.436. The molecule has 1 aliphatic carbocycles. The highest BCUT2D eigenvalue weighted by Crippen LogP contribution is 2.45. The smallest absolute Gasteiger partial charge is 0.379 e. The normalized spacial score (nSPS) is 25.3. The number of nitro benzene ring substituents is 1. The molecule has 2 rings (SSSR count). The first-order valence-corrected chi connectivity index (χ1v) is 10.2. The molecule has 7 nitrogen and oxygen atoms in total. The van der Waals surface area contributed by atoms with Gasteiger partial charge in [0, 0.05) is 25.5 Å². The van der Waals surface area contributed by atoms with E-state index < -0.39 is 30.9 Å². The summed E-state index contributed by atoms with van der Waals surface area (Å²) in [4.78, 5) is 9.27. The van der Waals surface area contributed by atoms with Gasteiger partial charge in [-0.15, -0.1) is 0 Å². The Bertz CT molecular complexity index is 871.